The number of carbonyl (C=O) groups excluding carboxylic acids is 1. The van der Waals surface area contributed by atoms with Crippen molar-refractivity contribution in [2.24, 2.45) is 0 Å². The van der Waals surface area contributed by atoms with Gasteiger partial charge in [-0.2, -0.15) is 0 Å². The van der Waals surface area contributed by atoms with Gasteiger partial charge in [-0.15, -0.1) is 0 Å². The zero-order chi connectivity index (χ0) is 14.5. The summed E-state index contributed by atoms with van der Waals surface area (Å²) >= 11 is 0. The van der Waals surface area contributed by atoms with Gasteiger partial charge in [-0.1, -0.05) is 17.3 Å². The fourth-order valence-corrected chi connectivity index (χ4v) is 1.53. The van der Waals surface area contributed by atoms with Crippen LogP contribution in [0.25, 0.3) is 6.08 Å². The average molecular weight is 272 g/mol. The molecule has 0 saturated carbocycles. The van der Waals surface area contributed by atoms with E-state index in [1.54, 1.807) is 37.3 Å². The molecule has 1 amide bonds. The van der Waals surface area contributed by atoms with Gasteiger partial charge in [-0.25, -0.2) is 4.79 Å². The van der Waals surface area contributed by atoms with Crippen molar-refractivity contribution in [2.75, 3.05) is 5.32 Å². The summed E-state index contributed by atoms with van der Waals surface area (Å²) in [6.45, 7) is 1.73. The molecule has 0 bridgehead atoms. The third kappa shape index (κ3) is 3.55. The maximum Gasteiger partial charge on any atom is 0.328 e. The number of aliphatic carboxylic acids is 1. The molecule has 1 aromatic heterocycles. The van der Waals surface area contributed by atoms with Gasteiger partial charge in [0.1, 0.15) is 5.76 Å². The highest BCUT2D eigenvalue weighted by molar-refractivity contribution is 6.03. The van der Waals surface area contributed by atoms with E-state index in [0.717, 1.165) is 6.08 Å². The van der Waals surface area contributed by atoms with E-state index in [1.165, 1.54) is 6.08 Å². The lowest BCUT2D eigenvalue weighted by molar-refractivity contribution is -0.131. The van der Waals surface area contributed by atoms with Crippen LogP contribution < -0.4 is 5.32 Å². The molecular weight excluding hydrogens is 260 g/mol. The van der Waals surface area contributed by atoms with Crippen LogP contribution in [0.15, 0.2) is 40.9 Å². The quantitative estimate of drug-likeness (QED) is 0.833. The van der Waals surface area contributed by atoms with Crippen LogP contribution in [0.1, 0.15) is 21.7 Å². The van der Waals surface area contributed by atoms with E-state index in [4.69, 9.17) is 9.63 Å². The molecule has 0 fully saturated rings. The van der Waals surface area contributed by atoms with E-state index in [0.29, 0.717) is 22.7 Å². The summed E-state index contributed by atoms with van der Waals surface area (Å²) in [5, 5.41) is 14.8. The Morgan fingerprint density at radius 3 is 2.55 bits per heavy atom. The second-order valence-electron chi connectivity index (χ2n) is 4.07. The number of nitrogens with one attached hydrogen (secondary N) is 1. The predicted octanol–water partition coefficient (Wildman–Crippen LogP) is 2.33. The highest BCUT2D eigenvalue weighted by Crippen LogP contribution is 2.11. The molecule has 0 saturated heterocycles. The Kier molecular flexibility index (Phi) is 3.95. The van der Waals surface area contributed by atoms with Crippen LogP contribution in [0, 0.1) is 6.92 Å². The molecular formula is C14H12N2O4. The smallest absolute Gasteiger partial charge is 0.328 e. The number of hydrogen-bond acceptors (Lipinski definition) is 4. The lowest BCUT2D eigenvalue weighted by Gasteiger charge is -2.01. The number of aromatic nitrogens is 1. The summed E-state index contributed by atoms with van der Waals surface area (Å²) in [5.74, 6) is -0.378. The third-order valence-electron chi connectivity index (χ3n) is 2.46. The zero-order valence-corrected chi connectivity index (χ0v) is 10.7. The molecule has 0 spiro atoms. The van der Waals surface area contributed by atoms with Crippen LogP contribution in [0.5, 0.6) is 0 Å². The normalized spacial score (nSPS) is 10.7. The Bertz CT molecular complexity index is 656. The summed E-state index contributed by atoms with van der Waals surface area (Å²) in [7, 11) is 0. The fourth-order valence-electron chi connectivity index (χ4n) is 1.53. The Hall–Kier alpha value is -2.89. The molecule has 6 heteroatoms. The molecule has 0 aliphatic rings. The first-order valence-corrected chi connectivity index (χ1v) is 5.80. The number of nitrogens with zero attached hydrogens (tertiary/aromatic N) is 1. The van der Waals surface area contributed by atoms with Crippen molar-refractivity contribution in [1.82, 2.24) is 5.16 Å². The summed E-state index contributed by atoms with van der Waals surface area (Å²) in [6.07, 6.45) is 2.48. The number of amides is 1. The minimum absolute atomic E-state index is 0.313. The van der Waals surface area contributed by atoms with E-state index >= 15 is 0 Å². The maximum absolute atomic E-state index is 11.9. The molecule has 102 valence electrons. The summed E-state index contributed by atoms with van der Waals surface area (Å²) in [4.78, 5) is 22.3. The molecule has 6 nitrogen and oxygen atoms in total. The first-order chi connectivity index (χ1) is 9.54. The summed E-state index contributed by atoms with van der Waals surface area (Å²) in [6, 6.07) is 8.13. The van der Waals surface area contributed by atoms with Gasteiger partial charge in [-0.3, -0.25) is 4.79 Å². The molecule has 2 N–H and O–H groups in total. The second-order valence-corrected chi connectivity index (χ2v) is 4.07. The Morgan fingerprint density at radius 1 is 1.30 bits per heavy atom. The largest absolute Gasteiger partial charge is 0.478 e. The number of rotatable bonds is 4. The van der Waals surface area contributed by atoms with Crippen molar-refractivity contribution in [2.45, 2.75) is 6.92 Å². The van der Waals surface area contributed by atoms with Gasteiger partial charge in [0, 0.05) is 17.7 Å². The van der Waals surface area contributed by atoms with Gasteiger partial charge in [0.25, 0.3) is 5.91 Å². The highest BCUT2D eigenvalue weighted by Gasteiger charge is 2.08. The number of carbonyl (C=O) groups is 2. The van der Waals surface area contributed by atoms with E-state index in [1.807, 2.05) is 0 Å². The standard InChI is InChI=1S/C14H12N2O4/c1-9-8-12(16-20-9)15-14(19)11-5-2-10(3-6-11)4-7-13(17)18/h2-8H,1H3,(H,17,18)(H,15,16,19). The van der Waals surface area contributed by atoms with Crippen LogP contribution in [0.2, 0.25) is 0 Å². The van der Waals surface area contributed by atoms with Gasteiger partial charge in [0.2, 0.25) is 0 Å². The van der Waals surface area contributed by atoms with Crippen LogP contribution in [-0.4, -0.2) is 22.1 Å². The van der Waals surface area contributed by atoms with Crippen molar-refractivity contribution < 1.29 is 19.2 Å². The van der Waals surface area contributed by atoms with Crippen molar-refractivity contribution in [3.8, 4) is 0 Å². The molecule has 2 rings (SSSR count). The maximum atomic E-state index is 11.9. The Labute approximate surface area is 114 Å². The van der Waals surface area contributed by atoms with E-state index in [-0.39, 0.29) is 5.91 Å². The van der Waals surface area contributed by atoms with Crippen molar-refractivity contribution >= 4 is 23.8 Å². The number of benzene rings is 1. The molecule has 2 aromatic rings. The molecule has 1 aromatic carbocycles. The average Bonchev–Trinajstić information content (AvgIpc) is 2.82. The topological polar surface area (TPSA) is 92.4 Å². The fraction of sp³-hybridized carbons (Fsp3) is 0.0714. The van der Waals surface area contributed by atoms with E-state index < -0.39 is 5.97 Å². The van der Waals surface area contributed by atoms with Crippen LogP contribution in [0.4, 0.5) is 5.82 Å². The molecule has 0 aliphatic heterocycles. The monoisotopic (exact) mass is 272 g/mol. The number of hydrogen-bond donors (Lipinski definition) is 2. The highest BCUT2D eigenvalue weighted by atomic mass is 16.5. The van der Waals surface area contributed by atoms with Gasteiger partial charge in [0.05, 0.1) is 0 Å². The van der Waals surface area contributed by atoms with E-state index in [2.05, 4.69) is 10.5 Å². The van der Waals surface area contributed by atoms with Gasteiger partial charge >= 0.3 is 5.97 Å². The number of aryl methyl sites for hydroxylation is 1. The second kappa shape index (κ2) is 5.83. The van der Waals surface area contributed by atoms with Gasteiger partial charge in [-0.05, 0) is 30.7 Å². The Morgan fingerprint density at radius 2 is 2.00 bits per heavy atom. The lowest BCUT2D eigenvalue weighted by Crippen LogP contribution is -2.11. The van der Waals surface area contributed by atoms with Crippen molar-refractivity contribution in [1.29, 1.82) is 0 Å². The van der Waals surface area contributed by atoms with Gasteiger partial charge < -0.3 is 14.9 Å². The Balaban J connectivity index is 2.05. The molecule has 1 heterocycles. The number of anilines is 1. The molecule has 0 atom stereocenters. The van der Waals surface area contributed by atoms with Crippen molar-refractivity contribution in [3.63, 3.8) is 0 Å². The van der Waals surface area contributed by atoms with Crippen molar-refractivity contribution in [3.05, 3.63) is 53.3 Å². The summed E-state index contributed by atoms with van der Waals surface area (Å²) in [5.41, 5.74) is 1.14. The van der Waals surface area contributed by atoms with E-state index in [9.17, 15) is 9.59 Å². The minimum atomic E-state index is -1.02. The lowest BCUT2D eigenvalue weighted by atomic mass is 10.1. The number of carboxylic acids is 1. The zero-order valence-electron chi connectivity index (χ0n) is 10.7. The van der Waals surface area contributed by atoms with Crippen LogP contribution in [-0.2, 0) is 4.79 Å². The third-order valence-corrected chi connectivity index (χ3v) is 2.46. The molecule has 0 unspecified atom stereocenters. The minimum Gasteiger partial charge on any atom is -0.478 e. The van der Waals surface area contributed by atoms with Crippen LogP contribution in [0.3, 0.4) is 0 Å². The first-order valence-electron chi connectivity index (χ1n) is 5.80. The molecule has 20 heavy (non-hydrogen) atoms. The number of carboxylic acid groups (broad SMARTS) is 1. The summed E-state index contributed by atoms with van der Waals surface area (Å²) < 4.78 is 4.85. The first kappa shape index (κ1) is 13.5. The van der Waals surface area contributed by atoms with Crippen LogP contribution >= 0.6 is 0 Å². The SMILES string of the molecule is Cc1cc(NC(=O)c2ccc(C=CC(=O)O)cc2)no1. The predicted molar refractivity (Wildman–Crippen MR) is 72.3 cm³/mol. The molecule has 0 aliphatic carbocycles. The molecule has 0 radical (unpaired) electrons. The van der Waals surface area contributed by atoms with Gasteiger partial charge in [0.15, 0.2) is 5.82 Å².